The van der Waals surface area contributed by atoms with Crippen LogP contribution in [0.1, 0.15) is 5.56 Å². The number of hydrogen-bond acceptors (Lipinski definition) is 4. The van der Waals surface area contributed by atoms with E-state index in [1.807, 2.05) is 64.2 Å². The maximum absolute atomic E-state index is 11.7. The van der Waals surface area contributed by atoms with Gasteiger partial charge in [0.05, 0.1) is 19.3 Å². The Bertz CT molecular complexity index is 985. The van der Waals surface area contributed by atoms with Crippen LogP contribution >= 0.6 is 0 Å². The zero-order valence-corrected chi connectivity index (χ0v) is 15.5. The van der Waals surface area contributed by atoms with Crippen LogP contribution in [0, 0.1) is 0 Å². The minimum absolute atomic E-state index is 0. The summed E-state index contributed by atoms with van der Waals surface area (Å²) in [5.41, 5.74) is 8.14. The number of halogens is 1. The second kappa shape index (κ2) is 7.29. The molecule has 4 rings (SSSR count). The monoisotopic (exact) mass is 412 g/mol. The molecule has 1 unspecified atom stereocenters. The first-order valence-electron chi connectivity index (χ1n) is 8.07. The van der Waals surface area contributed by atoms with E-state index in [0.717, 1.165) is 16.3 Å². The van der Waals surface area contributed by atoms with Crippen molar-refractivity contribution in [3.63, 3.8) is 0 Å². The van der Waals surface area contributed by atoms with Gasteiger partial charge in [-0.05, 0) is 16.3 Å². The van der Waals surface area contributed by atoms with Gasteiger partial charge in [0, 0.05) is 16.5 Å². The highest BCUT2D eigenvalue weighted by Crippen LogP contribution is 2.37. The minimum Gasteiger partial charge on any atom is -1.00 e. The third-order valence-corrected chi connectivity index (χ3v) is 4.59. The molecule has 0 saturated heterocycles. The highest BCUT2D eigenvalue weighted by atomic mass is 79.9. The van der Waals surface area contributed by atoms with Gasteiger partial charge in [0.2, 0.25) is 5.72 Å². The highest BCUT2D eigenvalue weighted by molar-refractivity contribution is 5.86. The molecule has 1 N–H and O–H groups in total. The van der Waals surface area contributed by atoms with Crippen molar-refractivity contribution in [3.8, 4) is 0 Å². The van der Waals surface area contributed by atoms with Gasteiger partial charge in [-0.25, -0.2) is 9.47 Å². The van der Waals surface area contributed by atoms with Gasteiger partial charge < -0.3 is 22.1 Å². The SMILES string of the molecule is [Br-].[N-]=[N+]=NCCN1c2nccc[n+]2CC1(O)c1cccc2ccccc12. The molecule has 3 aromatic rings. The molecule has 1 atom stereocenters. The molecule has 7 nitrogen and oxygen atoms in total. The molecule has 132 valence electrons. The molecule has 0 bridgehead atoms. The van der Waals surface area contributed by atoms with Crippen LogP contribution in [0.5, 0.6) is 0 Å². The van der Waals surface area contributed by atoms with Gasteiger partial charge >= 0.3 is 5.95 Å². The van der Waals surface area contributed by atoms with Crippen LogP contribution in [-0.2, 0) is 12.3 Å². The zero-order valence-electron chi connectivity index (χ0n) is 13.9. The second-order valence-corrected chi connectivity index (χ2v) is 6.00. The van der Waals surface area contributed by atoms with Crippen molar-refractivity contribution in [2.45, 2.75) is 12.3 Å². The Morgan fingerprint density at radius 1 is 1.23 bits per heavy atom. The van der Waals surface area contributed by atoms with Gasteiger partial charge in [-0.2, -0.15) is 0 Å². The van der Waals surface area contributed by atoms with Crippen LogP contribution in [0.25, 0.3) is 21.2 Å². The van der Waals surface area contributed by atoms with E-state index in [2.05, 4.69) is 15.0 Å². The van der Waals surface area contributed by atoms with Gasteiger partial charge in [-0.15, -0.1) is 0 Å². The van der Waals surface area contributed by atoms with Gasteiger partial charge in [-0.3, -0.25) is 0 Å². The van der Waals surface area contributed by atoms with Crippen molar-refractivity contribution in [3.05, 3.63) is 76.9 Å². The topological polar surface area (TPSA) is 89.0 Å². The summed E-state index contributed by atoms with van der Waals surface area (Å²) in [7, 11) is 0. The van der Waals surface area contributed by atoms with Crippen molar-refractivity contribution in [1.29, 1.82) is 0 Å². The first-order chi connectivity index (χ1) is 12.2. The smallest absolute Gasteiger partial charge is 0.396 e. The number of rotatable bonds is 4. The molecule has 1 aromatic heterocycles. The molecule has 0 aliphatic carbocycles. The van der Waals surface area contributed by atoms with E-state index in [9.17, 15) is 5.11 Å². The van der Waals surface area contributed by atoms with Crippen molar-refractivity contribution < 1.29 is 26.7 Å². The average molecular weight is 413 g/mol. The summed E-state index contributed by atoms with van der Waals surface area (Å²) in [5.74, 6) is 0.658. The van der Waals surface area contributed by atoms with E-state index < -0.39 is 5.72 Å². The lowest BCUT2D eigenvalue weighted by Crippen LogP contribution is -3.00. The quantitative estimate of drug-likeness (QED) is 0.271. The van der Waals surface area contributed by atoms with Gasteiger partial charge in [0.1, 0.15) is 12.7 Å². The van der Waals surface area contributed by atoms with Crippen LogP contribution in [0.4, 0.5) is 5.95 Å². The van der Waals surface area contributed by atoms with E-state index in [1.54, 1.807) is 6.20 Å². The minimum atomic E-state index is -1.26. The summed E-state index contributed by atoms with van der Waals surface area (Å²) in [6, 6.07) is 15.7. The number of hydrogen-bond donors (Lipinski definition) is 1. The van der Waals surface area contributed by atoms with Crippen LogP contribution in [0.2, 0.25) is 0 Å². The maximum Gasteiger partial charge on any atom is 0.396 e. The van der Waals surface area contributed by atoms with Crippen molar-refractivity contribution >= 4 is 16.7 Å². The molecule has 0 spiro atoms. The average Bonchev–Trinajstić information content (AvgIpc) is 2.94. The number of azide groups is 1. The predicted molar refractivity (Wildman–Crippen MR) is 93.6 cm³/mol. The molecule has 8 heteroatoms. The molecule has 2 heterocycles. The molecule has 0 amide bonds. The zero-order chi connectivity index (χ0) is 17.3. The third kappa shape index (κ3) is 2.88. The third-order valence-electron chi connectivity index (χ3n) is 4.59. The molecule has 1 aliphatic heterocycles. The summed E-state index contributed by atoms with van der Waals surface area (Å²) in [6.45, 7) is 0.987. The van der Waals surface area contributed by atoms with E-state index in [1.165, 1.54) is 0 Å². The predicted octanol–water partition coefficient (Wildman–Crippen LogP) is -0.498. The van der Waals surface area contributed by atoms with E-state index >= 15 is 0 Å². The Balaban J connectivity index is 0.00000196. The van der Waals surface area contributed by atoms with Crippen LogP contribution in [0.15, 0.2) is 66.0 Å². The molecule has 0 fully saturated rings. The lowest BCUT2D eigenvalue weighted by atomic mass is 9.95. The molecular weight excluding hydrogens is 396 g/mol. The molecular formula is C18H17BrN6O. The lowest BCUT2D eigenvalue weighted by molar-refractivity contribution is -0.685. The lowest BCUT2D eigenvalue weighted by Gasteiger charge is -2.29. The van der Waals surface area contributed by atoms with Gasteiger partial charge in [-0.1, -0.05) is 52.6 Å². The van der Waals surface area contributed by atoms with Crippen molar-refractivity contribution in [1.82, 2.24) is 4.98 Å². The molecule has 2 aromatic carbocycles. The van der Waals surface area contributed by atoms with Crippen LogP contribution in [0.3, 0.4) is 0 Å². The summed E-state index contributed by atoms with van der Waals surface area (Å²) >= 11 is 0. The van der Waals surface area contributed by atoms with Crippen molar-refractivity contribution in [2.75, 3.05) is 18.0 Å². The molecule has 0 radical (unpaired) electrons. The normalized spacial score (nSPS) is 18.1. The Morgan fingerprint density at radius 2 is 2.04 bits per heavy atom. The number of fused-ring (bicyclic) bond motifs is 2. The summed E-state index contributed by atoms with van der Waals surface area (Å²) in [4.78, 5) is 9.04. The fourth-order valence-electron chi connectivity index (χ4n) is 3.51. The standard InChI is InChI=1S/C18H17N6O.BrH/c19-22-21-10-12-24-17-20-9-4-11-23(17)13-18(24,25)16-8-3-6-14-5-1-2-7-15(14)16;/h1-9,11,25H,10,12-13H2;1H/q+1;/p-1. The molecule has 0 saturated carbocycles. The number of nitrogens with zero attached hydrogens (tertiary/aromatic N) is 6. The van der Waals surface area contributed by atoms with E-state index in [4.69, 9.17) is 5.53 Å². The largest absolute Gasteiger partial charge is 1.00 e. The summed E-state index contributed by atoms with van der Waals surface area (Å²) in [6.07, 6.45) is 3.59. The Hall–Kier alpha value is -2.67. The Kier molecular flexibility index (Phi) is 5.08. The van der Waals surface area contributed by atoms with Crippen LogP contribution < -0.4 is 26.4 Å². The summed E-state index contributed by atoms with van der Waals surface area (Å²) < 4.78 is 1.91. The molecule has 1 aliphatic rings. The molecule has 26 heavy (non-hydrogen) atoms. The number of aromatic nitrogens is 2. The fourth-order valence-corrected chi connectivity index (χ4v) is 3.51. The van der Waals surface area contributed by atoms with E-state index in [-0.39, 0.29) is 23.5 Å². The first-order valence-corrected chi connectivity index (χ1v) is 8.07. The number of anilines is 1. The number of aliphatic hydroxyl groups is 1. The van der Waals surface area contributed by atoms with Crippen LogP contribution in [-0.4, -0.2) is 23.2 Å². The Morgan fingerprint density at radius 3 is 2.88 bits per heavy atom. The van der Waals surface area contributed by atoms with Gasteiger partial charge in [0.15, 0.2) is 0 Å². The highest BCUT2D eigenvalue weighted by Gasteiger charge is 2.51. The fraction of sp³-hybridized carbons (Fsp3) is 0.222. The summed E-state index contributed by atoms with van der Waals surface area (Å²) in [5, 5.41) is 17.4. The van der Waals surface area contributed by atoms with Gasteiger partial charge in [0.25, 0.3) is 0 Å². The number of benzene rings is 2. The second-order valence-electron chi connectivity index (χ2n) is 6.00. The maximum atomic E-state index is 11.7. The first kappa shape index (κ1) is 18.1. The van der Waals surface area contributed by atoms with E-state index in [0.29, 0.717) is 19.0 Å². The Labute approximate surface area is 160 Å². The van der Waals surface area contributed by atoms with Crippen molar-refractivity contribution in [2.24, 2.45) is 5.11 Å².